The van der Waals surface area contributed by atoms with Crippen LogP contribution in [0.25, 0.3) is 43.1 Å². The van der Waals surface area contributed by atoms with Crippen LogP contribution >= 0.6 is 0 Å². The number of imide groups is 2. The average Bonchev–Trinajstić information content (AvgIpc) is 3.05. The molecule has 48 heavy (non-hydrogen) atoms. The molecule has 7 rings (SSSR count). The van der Waals surface area contributed by atoms with Crippen LogP contribution in [0.4, 0.5) is 41.9 Å². The average molecular weight is 641 g/mol. The van der Waals surface area contributed by atoms with E-state index in [1.54, 1.807) is 53.8 Å². The zero-order valence-electron chi connectivity index (χ0n) is 25.5. The normalized spacial score (nSPS) is 10.3. The van der Waals surface area contributed by atoms with E-state index in [1.807, 2.05) is 0 Å². The number of nitrogens with one attached hydrogen (secondary N) is 4. The SMILES string of the molecule is NC(=O)NC(N)=O.Nc1ccc(NC(=O)NC(=O)Nc2ccc(N)cc2)cc1.c1cc2cccc3c4cccc5cccc(c(c1)c23)c54. The number of urea groups is 4. The summed E-state index contributed by atoms with van der Waals surface area (Å²) in [5.41, 5.74) is 22.2. The van der Waals surface area contributed by atoms with Crippen LogP contribution in [-0.2, 0) is 0 Å². The molecular formula is C36H32N8O4. The van der Waals surface area contributed by atoms with Crippen molar-refractivity contribution in [3.63, 3.8) is 0 Å². The standard InChI is InChI=1S/C20H12.C14H15N5O2.C2H5N3O2/c1-5-13-6-2-11-17-18-12-4-8-14-7-3-10-16(20(14)18)15(9-1)19(13)17;15-9-1-5-11(6-2-9)17-13(20)19-14(21)18-12-7-3-10(16)4-8-12;3-1(6)5-2(4)7/h1-12H;1-8H,15-16H2,(H3,17,18,19,20,21);(H5,3,4,5,6,7). The van der Waals surface area contributed by atoms with Crippen molar-refractivity contribution in [1.82, 2.24) is 10.6 Å². The molecule has 0 heterocycles. The largest absolute Gasteiger partial charge is 0.399 e. The Bertz CT molecular complexity index is 2020. The number of primary amides is 2. The van der Waals surface area contributed by atoms with Crippen LogP contribution < -0.4 is 44.2 Å². The molecule has 12 N–H and O–H groups in total. The lowest BCUT2D eigenvalue weighted by Gasteiger charge is -2.13. The van der Waals surface area contributed by atoms with Crippen molar-refractivity contribution in [2.45, 2.75) is 0 Å². The Morgan fingerprint density at radius 3 is 1.00 bits per heavy atom. The van der Waals surface area contributed by atoms with E-state index in [1.165, 1.54) is 43.1 Å². The molecule has 0 spiro atoms. The van der Waals surface area contributed by atoms with E-state index in [-0.39, 0.29) is 0 Å². The smallest absolute Gasteiger partial charge is 0.327 e. The Morgan fingerprint density at radius 1 is 0.417 bits per heavy atom. The van der Waals surface area contributed by atoms with E-state index < -0.39 is 24.1 Å². The lowest BCUT2D eigenvalue weighted by Crippen LogP contribution is -2.38. The molecule has 0 aliphatic carbocycles. The first-order chi connectivity index (χ1) is 23.1. The molecule has 0 saturated carbocycles. The minimum absolute atomic E-state index is 0.530. The molecule has 0 aromatic heterocycles. The molecular weight excluding hydrogens is 608 g/mol. The summed E-state index contributed by atoms with van der Waals surface area (Å²) in [5, 5.41) is 19.6. The maximum absolute atomic E-state index is 11.6. The number of rotatable bonds is 2. The van der Waals surface area contributed by atoms with Crippen molar-refractivity contribution in [1.29, 1.82) is 0 Å². The highest BCUT2D eigenvalue weighted by molar-refractivity contribution is 6.32. The summed E-state index contributed by atoms with van der Waals surface area (Å²) in [6, 6.07) is 36.4. The van der Waals surface area contributed by atoms with Crippen molar-refractivity contribution in [3.8, 4) is 0 Å². The molecule has 0 aliphatic rings. The first-order valence-electron chi connectivity index (χ1n) is 14.6. The maximum Gasteiger partial charge on any atom is 0.327 e. The first kappa shape index (κ1) is 32.3. The van der Waals surface area contributed by atoms with Gasteiger partial charge in [-0.25, -0.2) is 19.2 Å². The van der Waals surface area contributed by atoms with Gasteiger partial charge in [0.1, 0.15) is 0 Å². The van der Waals surface area contributed by atoms with Gasteiger partial charge >= 0.3 is 24.1 Å². The third kappa shape index (κ3) is 7.76. The third-order valence-electron chi connectivity index (χ3n) is 7.20. The van der Waals surface area contributed by atoms with E-state index in [9.17, 15) is 19.2 Å². The van der Waals surface area contributed by atoms with Crippen LogP contribution in [0, 0.1) is 0 Å². The number of hydrogen-bond acceptors (Lipinski definition) is 6. The van der Waals surface area contributed by atoms with Crippen LogP contribution in [0.15, 0.2) is 121 Å². The van der Waals surface area contributed by atoms with Gasteiger partial charge in [-0.2, -0.15) is 0 Å². The van der Waals surface area contributed by atoms with E-state index in [0.717, 1.165) is 0 Å². The fourth-order valence-electron chi connectivity index (χ4n) is 5.26. The molecule has 0 aliphatic heterocycles. The van der Waals surface area contributed by atoms with Crippen molar-refractivity contribution < 1.29 is 19.2 Å². The number of benzene rings is 7. The van der Waals surface area contributed by atoms with E-state index >= 15 is 0 Å². The molecule has 0 atom stereocenters. The number of fused-ring (bicyclic) bond motifs is 2. The zero-order valence-corrected chi connectivity index (χ0v) is 25.5. The van der Waals surface area contributed by atoms with Gasteiger partial charge in [0, 0.05) is 22.7 Å². The quantitative estimate of drug-likeness (QED) is 0.0585. The fraction of sp³-hybridized carbons (Fsp3) is 0. The molecule has 0 fully saturated rings. The first-order valence-corrected chi connectivity index (χ1v) is 14.6. The Kier molecular flexibility index (Phi) is 9.66. The van der Waals surface area contributed by atoms with Crippen LogP contribution in [0.3, 0.4) is 0 Å². The Morgan fingerprint density at radius 2 is 0.729 bits per heavy atom. The van der Waals surface area contributed by atoms with Crippen LogP contribution in [0.5, 0.6) is 0 Å². The number of hydrogen-bond donors (Lipinski definition) is 8. The maximum atomic E-state index is 11.6. The van der Waals surface area contributed by atoms with Crippen LogP contribution in [-0.4, -0.2) is 24.1 Å². The number of carbonyl (C=O) groups is 4. The highest BCUT2D eigenvalue weighted by Gasteiger charge is 2.11. The van der Waals surface area contributed by atoms with E-state index in [0.29, 0.717) is 22.7 Å². The fourth-order valence-corrected chi connectivity index (χ4v) is 5.26. The molecule has 7 aromatic rings. The van der Waals surface area contributed by atoms with Gasteiger partial charge in [-0.15, -0.1) is 0 Å². The molecule has 0 saturated heterocycles. The molecule has 7 aromatic carbocycles. The van der Waals surface area contributed by atoms with Gasteiger partial charge in [0.25, 0.3) is 0 Å². The molecule has 0 radical (unpaired) electrons. The van der Waals surface area contributed by atoms with Gasteiger partial charge in [-0.3, -0.25) is 10.6 Å². The Hall–Kier alpha value is -7.08. The monoisotopic (exact) mass is 640 g/mol. The Balaban J connectivity index is 0.000000158. The highest BCUT2D eigenvalue weighted by atomic mass is 16.2. The summed E-state index contributed by atoms with van der Waals surface area (Å²) in [5.74, 6) is 0. The molecule has 8 amide bonds. The summed E-state index contributed by atoms with van der Waals surface area (Å²) in [6.07, 6.45) is 0. The van der Waals surface area contributed by atoms with Crippen molar-refractivity contribution in [3.05, 3.63) is 121 Å². The summed E-state index contributed by atoms with van der Waals surface area (Å²) >= 11 is 0. The molecule has 12 heteroatoms. The van der Waals surface area contributed by atoms with E-state index in [4.69, 9.17) is 11.5 Å². The zero-order chi connectivity index (χ0) is 34.2. The van der Waals surface area contributed by atoms with Gasteiger partial charge in [0.05, 0.1) is 0 Å². The van der Waals surface area contributed by atoms with Gasteiger partial charge in [0.2, 0.25) is 0 Å². The number of nitrogen functional groups attached to an aromatic ring is 2. The van der Waals surface area contributed by atoms with Gasteiger partial charge in [-0.1, -0.05) is 72.8 Å². The highest BCUT2D eigenvalue weighted by Crippen LogP contribution is 2.39. The summed E-state index contributed by atoms with van der Waals surface area (Å²) < 4.78 is 0. The van der Waals surface area contributed by atoms with E-state index in [2.05, 4.69) is 100 Å². The Labute approximate surface area is 274 Å². The van der Waals surface area contributed by atoms with Crippen LogP contribution in [0.1, 0.15) is 0 Å². The molecule has 240 valence electrons. The second-order valence-electron chi connectivity index (χ2n) is 10.5. The summed E-state index contributed by atoms with van der Waals surface area (Å²) in [4.78, 5) is 42.5. The van der Waals surface area contributed by atoms with Gasteiger partial charge in [0.15, 0.2) is 0 Å². The predicted octanol–water partition coefficient (Wildman–Crippen LogP) is 6.68. The van der Waals surface area contributed by atoms with Gasteiger partial charge in [-0.05, 0) is 91.6 Å². The summed E-state index contributed by atoms with van der Waals surface area (Å²) in [7, 11) is 0. The number of nitrogens with two attached hydrogens (primary N) is 4. The topological polar surface area (TPSA) is 220 Å². The second kappa shape index (κ2) is 14.3. The number of amides is 8. The molecule has 0 unspecified atom stereocenters. The lowest BCUT2D eigenvalue weighted by molar-refractivity contribution is 0.236. The third-order valence-corrected chi connectivity index (χ3v) is 7.20. The predicted molar refractivity (Wildman–Crippen MR) is 193 cm³/mol. The van der Waals surface area contributed by atoms with Crippen molar-refractivity contribution >= 4 is 90.0 Å². The number of anilines is 4. The minimum atomic E-state index is -0.938. The van der Waals surface area contributed by atoms with Gasteiger partial charge < -0.3 is 33.6 Å². The lowest BCUT2D eigenvalue weighted by atomic mass is 9.90. The van der Waals surface area contributed by atoms with Crippen LogP contribution in [0.2, 0.25) is 0 Å². The molecule has 0 bridgehead atoms. The summed E-state index contributed by atoms with van der Waals surface area (Å²) in [6.45, 7) is 0. The number of carbonyl (C=O) groups excluding carboxylic acids is 4. The second-order valence-corrected chi connectivity index (χ2v) is 10.5. The minimum Gasteiger partial charge on any atom is -0.399 e. The molecule has 12 nitrogen and oxygen atoms in total. The van der Waals surface area contributed by atoms with Crippen molar-refractivity contribution in [2.75, 3.05) is 22.1 Å². The van der Waals surface area contributed by atoms with Crippen molar-refractivity contribution in [2.24, 2.45) is 11.5 Å².